The number of carbonyl (C=O) groups excluding carboxylic acids is 1. The maximum atomic E-state index is 12.9. The molecule has 0 atom stereocenters. The van der Waals surface area contributed by atoms with Gasteiger partial charge >= 0.3 is 0 Å². The Kier molecular flexibility index (Phi) is 5.73. The van der Waals surface area contributed by atoms with Crippen molar-refractivity contribution in [3.8, 4) is 0 Å². The van der Waals surface area contributed by atoms with E-state index in [9.17, 15) is 13.2 Å². The van der Waals surface area contributed by atoms with Gasteiger partial charge in [-0.15, -0.1) is 0 Å². The number of hydroxylamine groups is 2. The van der Waals surface area contributed by atoms with E-state index in [1.165, 1.54) is 20.2 Å². The van der Waals surface area contributed by atoms with Gasteiger partial charge in [-0.3, -0.25) is 14.4 Å². The van der Waals surface area contributed by atoms with E-state index in [1.54, 1.807) is 32.9 Å². The summed E-state index contributed by atoms with van der Waals surface area (Å²) in [6.45, 7) is 7.25. The fourth-order valence-corrected chi connectivity index (χ4v) is 4.49. The molecule has 7 heteroatoms. The molecule has 0 spiro atoms. The standard InChI is InChI=1S/C19H24N2O4S/c1-12-9-14(3)18(15(4)10-12)26(23,24)20-17-11-16(8-7-13(17)2)19(22)21(5)25-6/h7-11,20H,1-6H3. The summed E-state index contributed by atoms with van der Waals surface area (Å²) in [7, 11) is -0.910. The van der Waals surface area contributed by atoms with Crippen molar-refractivity contribution in [1.82, 2.24) is 5.06 Å². The molecule has 6 nitrogen and oxygen atoms in total. The summed E-state index contributed by atoms with van der Waals surface area (Å²) >= 11 is 0. The van der Waals surface area contributed by atoms with Crippen LogP contribution in [0.3, 0.4) is 0 Å². The molecule has 0 heterocycles. The van der Waals surface area contributed by atoms with Crippen molar-refractivity contribution in [3.63, 3.8) is 0 Å². The Bertz CT molecular complexity index is 929. The van der Waals surface area contributed by atoms with Crippen molar-refractivity contribution in [2.75, 3.05) is 18.9 Å². The topological polar surface area (TPSA) is 75.7 Å². The number of anilines is 1. The average molecular weight is 376 g/mol. The summed E-state index contributed by atoms with van der Waals surface area (Å²) in [5, 5.41) is 1.08. The first-order valence-electron chi connectivity index (χ1n) is 8.10. The Hall–Kier alpha value is -2.38. The van der Waals surface area contributed by atoms with Crippen LogP contribution >= 0.6 is 0 Å². The number of benzene rings is 2. The summed E-state index contributed by atoms with van der Waals surface area (Å²) in [6.07, 6.45) is 0. The maximum Gasteiger partial charge on any atom is 0.277 e. The van der Waals surface area contributed by atoms with Crippen LogP contribution in [0.4, 0.5) is 5.69 Å². The van der Waals surface area contributed by atoms with Crippen molar-refractivity contribution in [1.29, 1.82) is 0 Å². The smallest absolute Gasteiger partial charge is 0.277 e. The van der Waals surface area contributed by atoms with Gasteiger partial charge in [0.1, 0.15) is 0 Å². The van der Waals surface area contributed by atoms with E-state index in [-0.39, 0.29) is 10.8 Å². The summed E-state index contributed by atoms with van der Waals surface area (Å²) in [5.74, 6) is -0.365. The number of nitrogens with zero attached hydrogens (tertiary/aromatic N) is 1. The number of amides is 1. The van der Waals surface area contributed by atoms with Gasteiger partial charge in [0.25, 0.3) is 15.9 Å². The molecule has 0 unspecified atom stereocenters. The van der Waals surface area contributed by atoms with Crippen LogP contribution in [0.15, 0.2) is 35.2 Å². The molecule has 0 saturated heterocycles. The lowest BCUT2D eigenvalue weighted by Gasteiger charge is -2.17. The molecular formula is C19H24N2O4S. The first kappa shape index (κ1) is 19.9. The molecule has 0 aliphatic heterocycles. The molecule has 2 rings (SSSR count). The second-order valence-corrected chi connectivity index (χ2v) is 7.97. The second-order valence-electron chi connectivity index (χ2n) is 6.35. The molecule has 140 valence electrons. The molecular weight excluding hydrogens is 352 g/mol. The zero-order chi connectivity index (χ0) is 19.6. The molecule has 2 aromatic carbocycles. The molecule has 0 aliphatic rings. The molecule has 0 saturated carbocycles. The largest absolute Gasteiger partial charge is 0.279 e. The lowest BCUT2D eigenvalue weighted by molar-refractivity contribution is -0.0756. The number of hydrogen-bond donors (Lipinski definition) is 1. The van der Waals surface area contributed by atoms with Crippen molar-refractivity contribution in [3.05, 3.63) is 58.1 Å². The fourth-order valence-electron chi connectivity index (χ4n) is 2.92. The summed E-state index contributed by atoms with van der Waals surface area (Å²) in [6, 6.07) is 8.52. The Balaban J connectivity index is 2.46. The zero-order valence-corrected chi connectivity index (χ0v) is 16.7. The fraction of sp³-hybridized carbons (Fsp3) is 0.316. The molecule has 0 fully saturated rings. The van der Waals surface area contributed by atoms with E-state index < -0.39 is 10.0 Å². The van der Waals surface area contributed by atoms with Gasteiger partial charge in [0, 0.05) is 12.6 Å². The van der Waals surface area contributed by atoms with E-state index >= 15 is 0 Å². The van der Waals surface area contributed by atoms with Crippen LogP contribution < -0.4 is 4.72 Å². The number of aryl methyl sites for hydroxylation is 4. The predicted octanol–water partition coefficient (Wildman–Crippen LogP) is 3.35. The Morgan fingerprint density at radius 3 is 2.12 bits per heavy atom. The normalized spacial score (nSPS) is 11.3. The van der Waals surface area contributed by atoms with Gasteiger partial charge in [-0.05, 0) is 56.5 Å². The highest BCUT2D eigenvalue weighted by molar-refractivity contribution is 7.92. The van der Waals surface area contributed by atoms with Gasteiger partial charge in [0.2, 0.25) is 0 Å². The SMILES string of the molecule is CON(C)C(=O)c1ccc(C)c(NS(=O)(=O)c2c(C)cc(C)cc2C)c1. The lowest BCUT2D eigenvalue weighted by atomic mass is 10.1. The maximum absolute atomic E-state index is 12.9. The van der Waals surface area contributed by atoms with Crippen molar-refractivity contribution < 1.29 is 18.0 Å². The van der Waals surface area contributed by atoms with E-state index in [2.05, 4.69) is 4.72 Å². The first-order valence-corrected chi connectivity index (χ1v) is 9.58. The van der Waals surface area contributed by atoms with Gasteiger partial charge in [-0.25, -0.2) is 13.5 Å². The minimum Gasteiger partial charge on any atom is -0.279 e. The van der Waals surface area contributed by atoms with Crippen molar-refractivity contribution >= 4 is 21.6 Å². The third kappa shape index (κ3) is 4.05. The Morgan fingerprint density at radius 2 is 1.58 bits per heavy atom. The highest BCUT2D eigenvalue weighted by Gasteiger charge is 2.22. The summed E-state index contributed by atoms with van der Waals surface area (Å²) < 4.78 is 28.5. The number of nitrogens with one attached hydrogen (secondary N) is 1. The Labute approximate surface area is 154 Å². The third-order valence-corrected chi connectivity index (χ3v) is 5.83. The third-order valence-electron chi connectivity index (χ3n) is 4.16. The van der Waals surface area contributed by atoms with E-state index in [0.717, 1.165) is 10.6 Å². The van der Waals surface area contributed by atoms with Crippen LogP contribution in [0, 0.1) is 27.7 Å². The molecule has 0 aromatic heterocycles. The summed E-state index contributed by atoms with van der Waals surface area (Å²) in [5.41, 5.74) is 3.77. The van der Waals surface area contributed by atoms with Crippen LogP contribution in [-0.4, -0.2) is 33.5 Å². The van der Waals surface area contributed by atoms with Crippen molar-refractivity contribution in [2.24, 2.45) is 0 Å². The first-order chi connectivity index (χ1) is 12.1. The van der Waals surface area contributed by atoms with Crippen LogP contribution in [0.5, 0.6) is 0 Å². The van der Waals surface area contributed by atoms with Gasteiger partial charge < -0.3 is 0 Å². The van der Waals surface area contributed by atoms with Gasteiger partial charge in [0.05, 0.1) is 17.7 Å². The molecule has 0 aliphatic carbocycles. The highest BCUT2D eigenvalue weighted by atomic mass is 32.2. The van der Waals surface area contributed by atoms with Crippen LogP contribution in [0.2, 0.25) is 0 Å². The monoisotopic (exact) mass is 376 g/mol. The minimum atomic E-state index is -3.79. The molecule has 0 bridgehead atoms. The number of sulfonamides is 1. The van der Waals surface area contributed by atoms with Crippen LogP contribution in [0.25, 0.3) is 0 Å². The molecule has 2 aromatic rings. The number of carbonyl (C=O) groups is 1. The average Bonchev–Trinajstić information content (AvgIpc) is 2.53. The summed E-state index contributed by atoms with van der Waals surface area (Å²) in [4.78, 5) is 17.4. The molecule has 26 heavy (non-hydrogen) atoms. The Morgan fingerprint density at radius 1 is 1.00 bits per heavy atom. The molecule has 0 radical (unpaired) electrons. The lowest BCUT2D eigenvalue weighted by Crippen LogP contribution is -2.25. The van der Waals surface area contributed by atoms with Gasteiger partial charge in [0.15, 0.2) is 0 Å². The minimum absolute atomic E-state index is 0.258. The van der Waals surface area contributed by atoms with Crippen molar-refractivity contribution in [2.45, 2.75) is 32.6 Å². The van der Waals surface area contributed by atoms with E-state index in [1.807, 2.05) is 19.1 Å². The number of hydrogen-bond acceptors (Lipinski definition) is 4. The number of rotatable bonds is 5. The molecule has 1 amide bonds. The van der Waals surface area contributed by atoms with Gasteiger partial charge in [-0.1, -0.05) is 23.8 Å². The molecule has 1 N–H and O–H groups in total. The van der Waals surface area contributed by atoms with Crippen LogP contribution in [-0.2, 0) is 14.9 Å². The van der Waals surface area contributed by atoms with E-state index in [4.69, 9.17) is 4.84 Å². The highest BCUT2D eigenvalue weighted by Crippen LogP contribution is 2.26. The van der Waals surface area contributed by atoms with E-state index in [0.29, 0.717) is 27.9 Å². The quantitative estimate of drug-likeness (QED) is 0.812. The second kappa shape index (κ2) is 7.47. The predicted molar refractivity (Wildman–Crippen MR) is 102 cm³/mol. The van der Waals surface area contributed by atoms with Gasteiger partial charge in [-0.2, -0.15) is 0 Å². The zero-order valence-electron chi connectivity index (χ0n) is 15.9. The van der Waals surface area contributed by atoms with Crippen LogP contribution in [0.1, 0.15) is 32.6 Å².